The van der Waals surface area contributed by atoms with Crippen LogP contribution in [0.5, 0.6) is 0 Å². The predicted octanol–water partition coefficient (Wildman–Crippen LogP) is 0.308. The van der Waals surface area contributed by atoms with E-state index in [1.807, 2.05) is 6.07 Å². The Morgan fingerprint density at radius 2 is 1.77 bits per heavy atom. The summed E-state index contributed by atoms with van der Waals surface area (Å²) in [6, 6.07) is 5.44. The molecule has 138 valence electrons. The number of nitrogens with zero attached hydrogens (tertiary/aromatic N) is 3. The molecule has 0 radical (unpaired) electrons. The van der Waals surface area contributed by atoms with Crippen molar-refractivity contribution in [1.29, 1.82) is 0 Å². The van der Waals surface area contributed by atoms with Crippen molar-refractivity contribution in [1.82, 2.24) is 15.3 Å². The maximum atomic E-state index is 13.0. The SMILES string of the molecule is Nc1ncc(-c2cc(N3CCOCC3)cc(S(=O)(=O)C3CNC3)c2)cn1. The van der Waals surface area contributed by atoms with Gasteiger partial charge in [0.05, 0.1) is 23.4 Å². The van der Waals surface area contributed by atoms with E-state index in [1.165, 1.54) is 0 Å². The van der Waals surface area contributed by atoms with Gasteiger partial charge in [-0.15, -0.1) is 0 Å². The lowest BCUT2D eigenvalue weighted by Gasteiger charge is -2.31. The highest BCUT2D eigenvalue weighted by molar-refractivity contribution is 7.92. The Labute approximate surface area is 152 Å². The summed E-state index contributed by atoms with van der Waals surface area (Å²) in [6.45, 7) is 3.70. The predicted molar refractivity (Wildman–Crippen MR) is 98.8 cm³/mol. The highest BCUT2D eigenvalue weighted by atomic mass is 32.2. The van der Waals surface area contributed by atoms with Gasteiger partial charge in [-0.3, -0.25) is 0 Å². The lowest BCUT2D eigenvalue weighted by Crippen LogP contribution is -2.51. The van der Waals surface area contributed by atoms with Crippen molar-refractivity contribution in [2.75, 3.05) is 50.0 Å². The van der Waals surface area contributed by atoms with Crippen LogP contribution in [0, 0.1) is 0 Å². The average molecular weight is 375 g/mol. The molecule has 4 rings (SSSR count). The molecule has 2 aliphatic heterocycles. The van der Waals surface area contributed by atoms with Crippen LogP contribution in [-0.4, -0.2) is 63.0 Å². The summed E-state index contributed by atoms with van der Waals surface area (Å²) in [4.78, 5) is 10.5. The summed E-state index contributed by atoms with van der Waals surface area (Å²) in [5, 5.41) is 2.65. The molecule has 1 aromatic carbocycles. The number of benzene rings is 1. The van der Waals surface area contributed by atoms with Crippen LogP contribution >= 0.6 is 0 Å². The number of hydrogen-bond donors (Lipinski definition) is 2. The maximum absolute atomic E-state index is 13.0. The van der Waals surface area contributed by atoms with E-state index in [9.17, 15) is 8.42 Å². The summed E-state index contributed by atoms with van der Waals surface area (Å²) < 4.78 is 31.3. The van der Waals surface area contributed by atoms with Crippen molar-refractivity contribution < 1.29 is 13.2 Å². The smallest absolute Gasteiger partial charge is 0.219 e. The lowest BCUT2D eigenvalue weighted by molar-refractivity contribution is 0.122. The van der Waals surface area contributed by atoms with Crippen molar-refractivity contribution in [2.24, 2.45) is 0 Å². The monoisotopic (exact) mass is 375 g/mol. The number of nitrogen functional groups attached to an aromatic ring is 1. The fraction of sp³-hybridized carbons (Fsp3) is 0.412. The van der Waals surface area contributed by atoms with Crippen LogP contribution in [0.25, 0.3) is 11.1 Å². The van der Waals surface area contributed by atoms with E-state index in [4.69, 9.17) is 10.5 Å². The minimum Gasteiger partial charge on any atom is -0.378 e. The molecule has 0 bridgehead atoms. The summed E-state index contributed by atoms with van der Waals surface area (Å²) >= 11 is 0. The third kappa shape index (κ3) is 3.25. The van der Waals surface area contributed by atoms with Gasteiger partial charge in [0.15, 0.2) is 9.84 Å². The molecule has 1 aromatic heterocycles. The molecule has 0 spiro atoms. The Balaban J connectivity index is 1.79. The number of aromatic nitrogens is 2. The number of nitrogens with two attached hydrogens (primary N) is 1. The fourth-order valence-electron chi connectivity index (χ4n) is 3.08. The average Bonchev–Trinajstić information content (AvgIpc) is 2.61. The maximum Gasteiger partial charge on any atom is 0.219 e. The van der Waals surface area contributed by atoms with E-state index in [0.717, 1.165) is 29.9 Å². The van der Waals surface area contributed by atoms with Crippen molar-refractivity contribution >= 4 is 21.5 Å². The van der Waals surface area contributed by atoms with E-state index < -0.39 is 9.84 Å². The van der Waals surface area contributed by atoms with Crippen molar-refractivity contribution in [3.05, 3.63) is 30.6 Å². The zero-order valence-electron chi connectivity index (χ0n) is 14.3. The molecule has 0 saturated carbocycles. The van der Waals surface area contributed by atoms with Gasteiger partial charge >= 0.3 is 0 Å². The van der Waals surface area contributed by atoms with Gasteiger partial charge < -0.3 is 20.7 Å². The summed E-state index contributed by atoms with van der Waals surface area (Å²) in [7, 11) is -3.39. The molecule has 9 heteroatoms. The van der Waals surface area contributed by atoms with E-state index in [2.05, 4.69) is 20.2 Å². The Bertz CT molecular complexity index is 891. The number of hydrogen-bond acceptors (Lipinski definition) is 8. The van der Waals surface area contributed by atoms with E-state index in [1.54, 1.807) is 24.5 Å². The van der Waals surface area contributed by atoms with Crippen LogP contribution in [0.3, 0.4) is 0 Å². The zero-order chi connectivity index (χ0) is 18.1. The molecule has 2 fully saturated rings. The minimum absolute atomic E-state index is 0.187. The van der Waals surface area contributed by atoms with Crippen LogP contribution in [0.15, 0.2) is 35.5 Å². The van der Waals surface area contributed by atoms with Gasteiger partial charge in [-0.25, -0.2) is 18.4 Å². The quantitative estimate of drug-likeness (QED) is 0.785. The Morgan fingerprint density at radius 3 is 2.38 bits per heavy atom. The number of sulfone groups is 1. The molecule has 0 unspecified atom stereocenters. The van der Waals surface area contributed by atoms with E-state index >= 15 is 0 Å². The first kappa shape index (κ1) is 17.2. The van der Waals surface area contributed by atoms with Crippen LogP contribution < -0.4 is 16.0 Å². The molecule has 8 nitrogen and oxygen atoms in total. The second kappa shape index (κ2) is 6.82. The largest absolute Gasteiger partial charge is 0.378 e. The Hall–Kier alpha value is -2.23. The highest BCUT2D eigenvalue weighted by Crippen LogP contribution is 2.31. The topological polar surface area (TPSA) is 110 Å². The second-order valence-electron chi connectivity index (χ2n) is 6.47. The molecule has 26 heavy (non-hydrogen) atoms. The zero-order valence-corrected chi connectivity index (χ0v) is 15.1. The molecule has 2 aromatic rings. The van der Waals surface area contributed by atoms with Gasteiger partial charge in [-0.1, -0.05) is 0 Å². The second-order valence-corrected chi connectivity index (χ2v) is 8.70. The van der Waals surface area contributed by atoms with Crippen molar-refractivity contribution in [2.45, 2.75) is 10.1 Å². The van der Waals surface area contributed by atoms with Crippen LogP contribution in [0.4, 0.5) is 11.6 Å². The first-order valence-electron chi connectivity index (χ1n) is 8.54. The minimum atomic E-state index is -3.39. The molecule has 0 aliphatic carbocycles. The molecule has 3 heterocycles. The third-order valence-electron chi connectivity index (χ3n) is 4.78. The molecular weight excluding hydrogens is 354 g/mol. The lowest BCUT2D eigenvalue weighted by atomic mass is 10.1. The first-order valence-corrected chi connectivity index (χ1v) is 10.1. The van der Waals surface area contributed by atoms with Gasteiger partial charge in [0, 0.05) is 49.8 Å². The Kier molecular flexibility index (Phi) is 4.51. The summed E-state index contributed by atoms with van der Waals surface area (Å²) in [5.74, 6) is 0.187. The number of nitrogens with one attached hydrogen (secondary N) is 1. The van der Waals surface area contributed by atoms with E-state index in [0.29, 0.717) is 31.2 Å². The van der Waals surface area contributed by atoms with Crippen LogP contribution in [0.2, 0.25) is 0 Å². The molecule has 2 aliphatic rings. The van der Waals surface area contributed by atoms with E-state index in [-0.39, 0.29) is 11.2 Å². The summed E-state index contributed by atoms with van der Waals surface area (Å²) in [5.41, 5.74) is 7.94. The van der Waals surface area contributed by atoms with Gasteiger partial charge in [-0.05, 0) is 23.8 Å². The molecule has 3 N–H and O–H groups in total. The van der Waals surface area contributed by atoms with Gasteiger partial charge in [0.1, 0.15) is 0 Å². The van der Waals surface area contributed by atoms with Gasteiger partial charge in [-0.2, -0.15) is 0 Å². The molecule has 2 saturated heterocycles. The van der Waals surface area contributed by atoms with Crippen LogP contribution in [0.1, 0.15) is 0 Å². The molecule has 0 atom stereocenters. The molecular formula is C17H21N5O3S. The van der Waals surface area contributed by atoms with Gasteiger partial charge in [0.2, 0.25) is 5.95 Å². The number of ether oxygens (including phenoxy) is 1. The van der Waals surface area contributed by atoms with Crippen LogP contribution in [-0.2, 0) is 14.6 Å². The van der Waals surface area contributed by atoms with Crippen molar-refractivity contribution in [3.8, 4) is 11.1 Å². The third-order valence-corrected chi connectivity index (χ3v) is 6.89. The molecule has 0 amide bonds. The number of rotatable bonds is 4. The highest BCUT2D eigenvalue weighted by Gasteiger charge is 2.33. The van der Waals surface area contributed by atoms with Gasteiger partial charge in [0.25, 0.3) is 0 Å². The number of anilines is 2. The standard InChI is InChI=1S/C17H21N5O3S/c18-17-20-8-13(9-21-17)12-5-14(22-1-3-25-4-2-22)7-15(6-12)26(23,24)16-10-19-11-16/h5-9,16,19H,1-4,10-11H2,(H2,18,20,21). The Morgan fingerprint density at radius 1 is 1.08 bits per heavy atom. The fourth-order valence-corrected chi connectivity index (χ4v) is 4.72. The summed E-state index contributed by atoms with van der Waals surface area (Å²) in [6.07, 6.45) is 3.23. The number of morpholine rings is 1. The normalized spacial score (nSPS) is 18.5. The first-order chi connectivity index (χ1) is 12.5. The van der Waals surface area contributed by atoms with Crippen molar-refractivity contribution in [3.63, 3.8) is 0 Å².